The first-order valence-electron chi connectivity index (χ1n) is 5.43. The number of carbonyl (C=O) groups is 1. The van der Waals surface area contributed by atoms with Gasteiger partial charge in [-0.05, 0) is 53.8 Å². The third-order valence-corrected chi connectivity index (χ3v) is 3.98. The van der Waals surface area contributed by atoms with Gasteiger partial charge in [-0.3, -0.25) is 4.79 Å². The van der Waals surface area contributed by atoms with Gasteiger partial charge in [-0.2, -0.15) is 8.42 Å². The Morgan fingerprint density at radius 3 is 2.48 bits per heavy atom. The average molecular weight is 426 g/mol. The van der Waals surface area contributed by atoms with Crippen LogP contribution in [0.1, 0.15) is 16.2 Å². The number of nitrogens with zero attached hydrogens (tertiary/aromatic N) is 1. The van der Waals surface area contributed by atoms with Crippen molar-refractivity contribution in [3.63, 3.8) is 0 Å². The molecule has 1 heterocycles. The van der Waals surface area contributed by atoms with Crippen LogP contribution in [0.5, 0.6) is 5.75 Å². The highest BCUT2D eigenvalue weighted by atomic mass is 127. The first-order chi connectivity index (χ1) is 9.76. The van der Waals surface area contributed by atoms with E-state index < -0.39 is 16.4 Å². The highest BCUT2D eigenvalue weighted by Gasteiger charge is 2.18. The maximum atomic E-state index is 12.3. The number of halogens is 2. The number of anilines is 1. The van der Waals surface area contributed by atoms with Gasteiger partial charge in [0.25, 0.3) is 5.91 Å². The van der Waals surface area contributed by atoms with Crippen molar-refractivity contribution in [2.75, 3.05) is 5.32 Å². The summed E-state index contributed by atoms with van der Waals surface area (Å²) in [5.41, 5.74) is 0.500. The average Bonchev–Trinajstić information content (AvgIpc) is 2.71. The minimum absolute atomic E-state index is 0.139. The smallest absolute Gasteiger partial charge is 0.360 e. The number of benzene rings is 1. The Hall–Kier alpha value is -1.69. The number of aryl methyl sites for hydroxylation is 1. The Bertz CT molecular complexity index is 772. The van der Waals surface area contributed by atoms with Crippen molar-refractivity contribution in [2.45, 2.75) is 6.92 Å². The second-order valence-electron chi connectivity index (χ2n) is 3.86. The van der Waals surface area contributed by atoms with Crippen LogP contribution in [0.4, 0.5) is 9.57 Å². The molecule has 0 saturated heterocycles. The van der Waals surface area contributed by atoms with Gasteiger partial charge in [0, 0.05) is 5.69 Å². The molecule has 0 bridgehead atoms. The predicted octanol–water partition coefficient (Wildman–Crippen LogP) is 2.43. The van der Waals surface area contributed by atoms with Crippen LogP contribution in [0.15, 0.2) is 28.8 Å². The molecule has 0 aliphatic carbocycles. The monoisotopic (exact) mass is 426 g/mol. The second-order valence-corrected chi connectivity index (χ2v) is 5.89. The van der Waals surface area contributed by atoms with E-state index >= 15 is 0 Å². The molecule has 0 saturated carbocycles. The Morgan fingerprint density at radius 2 is 2.00 bits per heavy atom. The lowest BCUT2D eigenvalue weighted by molar-refractivity contribution is 0.101. The normalized spacial score (nSPS) is 11.2. The van der Waals surface area contributed by atoms with E-state index in [0.29, 0.717) is 15.0 Å². The third-order valence-electron chi connectivity index (χ3n) is 2.31. The molecule has 1 amide bonds. The summed E-state index contributed by atoms with van der Waals surface area (Å²) in [6.45, 7) is 1.68. The van der Waals surface area contributed by atoms with Gasteiger partial charge in [0.15, 0.2) is 5.69 Å². The predicted molar refractivity (Wildman–Crippen MR) is 79.0 cm³/mol. The van der Waals surface area contributed by atoms with E-state index in [0.717, 1.165) is 0 Å². The molecule has 112 valence electrons. The SMILES string of the molecule is Cc1onc(C(=O)Nc2ccc(OS(=O)(=O)F)cc2)c1I. The quantitative estimate of drug-likeness (QED) is 0.596. The topological polar surface area (TPSA) is 98.5 Å². The van der Waals surface area contributed by atoms with Gasteiger partial charge in [-0.1, -0.05) is 9.04 Å². The fourth-order valence-corrected chi connectivity index (χ4v) is 2.18. The van der Waals surface area contributed by atoms with Crippen molar-refractivity contribution in [1.29, 1.82) is 0 Å². The summed E-state index contributed by atoms with van der Waals surface area (Å²) < 4.78 is 42.4. The van der Waals surface area contributed by atoms with Crippen molar-refractivity contribution < 1.29 is 25.8 Å². The summed E-state index contributed by atoms with van der Waals surface area (Å²) in [7, 11) is -5.07. The van der Waals surface area contributed by atoms with Crippen LogP contribution < -0.4 is 9.50 Å². The summed E-state index contributed by atoms with van der Waals surface area (Å²) >= 11 is 1.93. The van der Waals surface area contributed by atoms with Crippen LogP contribution >= 0.6 is 22.6 Å². The molecule has 1 aromatic carbocycles. The summed E-state index contributed by atoms with van der Waals surface area (Å²) in [6.07, 6.45) is 0. The van der Waals surface area contributed by atoms with E-state index in [-0.39, 0.29) is 11.4 Å². The number of hydrogen-bond donors (Lipinski definition) is 1. The highest BCUT2D eigenvalue weighted by molar-refractivity contribution is 14.1. The molecule has 1 N–H and O–H groups in total. The van der Waals surface area contributed by atoms with Gasteiger partial charge < -0.3 is 14.0 Å². The molecule has 0 spiro atoms. The van der Waals surface area contributed by atoms with Crippen molar-refractivity contribution in [1.82, 2.24) is 5.16 Å². The zero-order chi connectivity index (χ0) is 15.6. The number of amides is 1. The molecule has 0 aliphatic rings. The van der Waals surface area contributed by atoms with Crippen LogP contribution in [-0.4, -0.2) is 19.5 Å². The van der Waals surface area contributed by atoms with E-state index in [4.69, 9.17) is 4.52 Å². The summed E-state index contributed by atoms with van der Waals surface area (Å²) in [6, 6.07) is 5.12. The first kappa shape index (κ1) is 15.7. The molecule has 1 aromatic heterocycles. The lowest BCUT2D eigenvalue weighted by Gasteiger charge is -2.04. The van der Waals surface area contributed by atoms with E-state index in [1.54, 1.807) is 6.92 Å². The molecule has 0 unspecified atom stereocenters. The largest absolute Gasteiger partial charge is 0.488 e. The molecule has 10 heteroatoms. The van der Waals surface area contributed by atoms with Crippen LogP contribution in [0.3, 0.4) is 0 Å². The summed E-state index contributed by atoms with van der Waals surface area (Å²) in [5.74, 6) is -0.164. The van der Waals surface area contributed by atoms with Crippen LogP contribution in [0, 0.1) is 10.5 Å². The maximum absolute atomic E-state index is 12.3. The fourth-order valence-electron chi connectivity index (χ4n) is 1.40. The summed E-state index contributed by atoms with van der Waals surface area (Å²) in [5, 5.41) is 6.17. The lowest BCUT2D eigenvalue weighted by atomic mass is 10.3. The van der Waals surface area contributed by atoms with Gasteiger partial charge in [-0.15, -0.1) is 0 Å². The van der Waals surface area contributed by atoms with Gasteiger partial charge in [0.1, 0.15) is 11.5 Å². The first-order valence-corrected chi connectivity index (χ1v) is 7.82. The molecule has 0 atom stereocenters. The molecule has 0 fully saturated rings. The van der Waals surface area contributed by atoms with Crippen molar-refractivity contribution in [2.24, 2.45) is 0 Å². The van der Waals surface area contributed by atoms with Gasteiger partial charge in [-0.25, -0.2) is 0 Å². The minimum atomic E-state index is -5.07. The minimum Gasteiger partial charge on any atom is -0.360 e. The highest BCUT2D eigenvalue weighted by Crippen LogP contribution is 2.20. The Balaban J connectivity index is 2.10. The molecule has 2 aromatic rings. The molecule has 2 rings (SSSR count). The van der Waals surface area contributed by atoms with Gasteiger partial charge in [0.05, 0.1) is 3.57 Å². The molecular weight excluding hydrogens is 418 g/mol. The van der Waals surface area contributed by atoms with Crippen LogP contribution in [0.25, 0.3) is 0 Å². The number of rotatable bonds is 4. The Morgan fingerprint density at radius 1 is 1.38 bits per heavy atom. The van der Waals surface area contributed by atoms with Crippen molar-refractivity contribution >= 4 is 44.7 Å². The standard InChI is InChI=1S/C11H8FIN2O5S/c1-6-9(13)10(15-19-6)11(16)14-7-2-4-8(5-3-7)20-21(12,17)18/h2-5H,1H3,(H,14,16). The fraction of sp³-hybridized carbons (Fsp3) is 0.0909. The third kappa shape index (κ3) is 4.14. The van der Waals surface area contributed by atoms with Crippen molar-refractivity contribution in [3.05, 3.63) is 39.3 Å². The van der Waals surface area contributed by atoms with Crippen LogP contribution in [-0.2, 0) is 10.5 Å². The van der Waals surface area contributed by atoms with Crippen molar-refractivity contribution in [3.8, 4) is 5.75 Å². The van der Waals surface area contributed by atoms with Gasteiger partial charge in [0.2, 0.25) is 0 Å². The van der Waals surface area contributed by atoms with E-state index in [1.807, 2.05) is 22.6 Å². The lowest BCUT2D eigenvalue weighted by Crippen LogP contribution is -2.13. The molecule has 0 radical (unpaired) electrons. The number of hydrogen-bond acceptors (Lipinski definition) is 6. The van der Waals surface area contributed by atoms with E-state index in [9.17, 15) is 17.1 Å². The Kier molecular flexibility index (Phi) is 4.46. The number of aromatic nitrogens is 1. The second kappa shape index (κ2) is 5.97. The maximum Gasteiger partial charge on any atom is 0.488 e. The van der Waals surface area contributed by atoms with E-state index in [1.165, 1.54) is 24.3 Å². The number of carbonyl (C=O) groups excluding carboxylic acids is 1. The van der Waals surface area contributed by atoms with Crippen LogP contribution in [0.2, 0.25) is 0 Å². The Labute approximate surface area is 133 Å². The zero-order valence-corrected chi connectivity index (χ0v) is 13.4. The summed E-state index contributed by atoms with van der Waals surface area (Å²) in [4.78, 5) is 11.9. The molecular formula is C11H8FIN2O5S. The molecule has 21 heavy (non-hydrogen) atoms. The number of nitrogens with one attached hydrogen (secondary N) is 1. The molecule has 7 nitrogen and oxygen atoms in total. The zero-order valence-electron chi connectivity index (χ0n) is 10.5. The van der Waals surface area contributed by atoms with E-state index in [2.05, 4.69) is 14.7 Å². The molecule has 0 aliphatic heterocycles. The van der Waals surface area contributed by atoms with Gasteiger partial charge >= 0.3 is 10.5 Å².